The van der Waals surface area contributed by atoms with Gasteiger partial charge in [0.15, 0.2) is 0 Å². The fourth-order valence-corrected chi connectivity index (χ4v) is 2.07. The molecule has 0 aliphatic heterocycles. The van der Waals surface area contributed by atoms with Crippen LogP contribution in [0.4, 0.5) is 0 Å². The number of rotatable bonds is 8. The van der Waals surface area contributed by atoms with Gasteiger partial charge in [-0.25, -0.2) is 0 Å². The van der Waals surface area contributed by atoms with Crippen molar-refractivity contribution in [3.8, 4) is 0 Å². The highest BCUT2D eigenvalue weighted by Gasteiger charge is 2.35. The molecule has 0 bridgehead atoms. The van der Waals surface area contributed by atoms with Crippen molar-refractivity contribution >= 4 is 0 Å². The second kappa shape index (κ2) is 6.38. The average molecular weight is 200 g/mol. The van der Waals surface area contributed by atoms with Crippen LogP contribution in [0.25, 0.3) is 0 Å². The molecular weight excluding hydrogens is 176 g/mol. The molecule has 0 aromatic heterocycles. The number of hydrogen-bond donors (Lipinski definition) is 2. The third-order valence-electron chi connectivity index (χ3n) is 3.09. The Labute approximate surface area is 87.4 Å². The maximum Gasteiger partial charge on any atom is 0.0765 e. The molecule has 2 unspecified atom stereocenters. The molecule has 1 saturated carbocycles. The molecule has 3 N–H and O–H groups in total. The van der Waals surface area contributed by atoms with E-state index in [4.69, 9.17) is 10.6 Å². The van der Waals surface area contributed by atoms with E-state index in [0.717, 1.165) is 12.3 Å². The normalized spacial score (nSPS) is 20.8. The summed E-state index contributed by atoms with van der Waals surface area (Å²) in [7, 11) is 1.80. The van der Waals surface area contributed by atoms with E-state index < -0.39 is 0 Å². The molecule has 0 aromatic carbocycles. The highest BCUT2D eigenvalue weighted by molar-refractivity contribution is 4.89. The van der Waals surface area contributed by atoms with Crippen LogP contribution in [-0.2, 0) is 4.74 Å². The fourth-order valence-electron chi connectivity index (χ4n) is 2.07. The van der Waals surface area contributed by atoms with Gasteiger partial charge >= 0.3 is 0 Å². The van der Waals surface area contributed by atoms with Gasteiger partial charge in [0.1, 0.15) is 0 Å². The van der Waals surface area contributed by atoms with E-state index in [9.17, 15) is 0 Å². The summed E-state index contributed by atoms with van der Waals surface area (Å²) in [5.41, 5.74) is 2.91. The molecule has 0 amide bonds. The van der Waals surface area contributed by atoms with E-state index in [-0.39, 0.29) is 0 Å². The Kier molecular flexibility index (Phi) is 5.45. The summed E-state index contributed by atoms with van der Waals surface area (Å²) in [6, 6.07) is 0.346. The number of methoxy groups -OCH3 is 1. The van der Waals surface area contributed by atoms with Gasteiger partial charge in [-0.1, -0.05) is 26.2 Å². The smallest absolute Gasteiger partial charge is 0.0765 e. The first-order chi connectivity index (χ1) is 6.83. The van der Waals surface area contributed by atoms with Crippen LogP contribution in [0.5, 0.6) is 0 Å². The number of unbranched alkanes of at least 4 members (excludes halogenated alkanes) is 2. The molecule has 2 atom stereocenters. The van der Waals surface area contributed by atoms with Gasteiger partial charge in [0, 0.05) is 13.2 Å². The number of ether oxygens (including phenoxy) is 1. The molecule has 0 heterocycles. The van der Waals surface area contributed by atoms with Gasteiger partial charge in [0.05, 0.1) is 6.10 Å². The molecule has 14 heavy (non-hydrogen) atoms. The van der Waals surface area contributed by atoms with Gasteiger partial charge in [0.2, 0.25) is 0 Å². The van der Waals surface area contributed by atoms with Crippen LogP contribution < -0.4 is 11.3 Å². The summed E-state index contributed by atoms with van der Waals surface area (Å²) in [4.78, 5) is 0. The van der Waals surface area contributed by atoms with Crippen molar-refractivity contribution < 1.29 is 4.74 Å². The van der Waals surface area contributed by atoms with Crippen LogP contribution in [0.1, 0.15) is 45.4 Å². The minimum absolute atomic E-state index is 0.330. The zero-order valence-corrected chi connectivity index (χ0v) is 9.46. The molecule has 1 fully saturated rings. The topological polar surface area (TPSA) is 47.3 Å². The maximum atomic E-state index is 5.57. The lowest BCUT2D eigenvalue weighted by atomic mass is 10.0. The van der Waals surface area contributed by atoms with Crippen LogP contribution >= 0.6 is 0 Å². The largest absolute Gasteiger partial charge is 0.379 e. The summed E-state index contributed by atoms with van der Waals surface area (Å²) >= 11 is 0. The van der Waals surface area contributed by atoms with Crippen molar-refractivity contribution in [3.63, 3.8) is 0 Å². The van der Waals surface area contributed by atoms with Crippen molar-refractivity contribution in [1.82, 2.24) is 5.43 Å². The maximum absolute atomic E-state index is 5.57. The molecule has 1 aliphatic carbocycles. The van der Waals surface area contributed by atoms with Gasteiger partial charge in [0.25, 0.3) is 0 Å². The van der Waals surface area contributed by atoms with Crippen LogP contribution in [0.3, 0.4) is 0 Å². The lowest BCUT2D eigenvalue weighted by Gasteiger charge is -2.25. The summed E-state index contributed by atoms with van der Waals surface area (Å²) < 4.78 is 5.52. The average Bonchev–Trinajstić information content (AvgIpc) is 3.01. The van der Waals surface area contributed by atoms with Crippen molar-refractivity contribution in [2.75, 3.05) is 7.11 Å². The quantitative estimate of drug-likeness (QED) is 0.357. The van der Waals surface area contributed by atoms with Gasteiger partial charge in [-0.05, 0) is 25.2 Å². The predicted octanol–water partition coefficient (Wildman–Crippen LogP) is 1.82. The highest BCUT2D eigenvalue weighted by Crippen LogP contribution is 2.36. The van der Waals surface area contributed by atoms with Crippen LogP contribution in [0.2, 0.25) is 0 Å². The van der Waals surface area contributed by atoms with Gasteiger partial charge in [-0.2, -0.15) is 0 Å². The van der Waals surface area contributed by atoms with E-state index in [0.29, 0.717) is 12.1 Å². The van der Waals surface area contributed by atoms with Crippen molar-refractivity contribution in [2.24, 2.45) is 11.8 Å². The minimum atomic E-state index is 0.330. The van der Waals surface area contributed by atoms with Crippen molar-refractivity contribution in [3.05, 3.63) is 0 Å². The fraction of sp³-hybridized carbons (Fsp3) is 1.00. The number of nitrogens with one attached hydrogen (secondary N) is 1. The molecule has 0 radical (unpaired) electrons. The van der Waals surface area contributed by atoms with E-state index >= 15 is 0 Å². The summed E-state index contributed by atoms with van der Waals surface area (Å²) in [5, 5.41) is 0. The Hall–Kier alpha value is -0.120. The molecule has 1 aliphatic rings. The highest BCUT2D eigenvalue weighted by atomic mass is 16.5. The van der Waals surface area contributed by atoms with Crippen LogP contribution in [0, 0.1) is 5.92 Å². The SMILES string of the molecule is CCCCCC(NN)C(OC)C1CC1. The second-order valence-corrected chi connectivity index (χ2v) is 4.31. The van der Waals surface area contributed by atoms with E-state index in [1.54, 1.807) is 7.11 Å². The minimum Gasteiger partial charge on any atom is -0.379 e. The lowest BCUT2D eigenvalue weighted by Crippen LogP contribution is -2.45. The first kappa shape index (κ1) is 12.0. The van der Waals surface area contributed by atoms with Crippen molar-refractivity contribution in [2.45, 2.75) is 57.6 Å². The lowest BCUT2D eigenvalue weighted by molar-refractivity contribution is 0.0476. The number of hydrogen-bond acceptors (Lipinski definition) is 3. The number of hydrazine groups is 1. The third kappa shape index (κ3) is 3.56. The van der Waals surface area contributed by atoms with Gasteiger partial charge in [-0.15, -0.1) is 0 Å². The molecule has 3 heteroatoms. The summed E-state index contributed by atoms with van der Waals surface area (Å²) in [6.07, 6.45) is 7.89. The van der Waals surface area contributed by atoms with E-state index in [1.807, 2.05) is 0 Å². The van der Waals surface area contributed by atoms with E-state index in [1.165, 1.54) is 32.1 Å². The van der Waals surface area contributed by atoms with Crippen LogP contribution in [0.15, 0.2) is 0 Å². The standard InChI is InChI=1S/C11H24N2O/c1-3-4-5-6-10(13-12)11(14-2)9-7-8-9/h9-11,13H,3-8,12H2,1-2H3. The molecule has 0 spiro atoms. The molecule has 3 nitrogen and oxygen atoms in total. The summed E-state index contributed by atoms with van der Waals surface area (Å²) in [5.74, 6) is 6.32. The summed E-state index contributed by atoms with van der Waals surface area (Å²) in [6.45, 7) is 2.22. The van der Waals surface area contributed by atoms with Crippen molar-refractivity contribution in [1.29, 1.82) is 0 Å². The molecular formula is C11H24N2O. The molecule has 84 valence electrons. The molecule has 0 saturated heterocycles. The zero-order valence-electron chi connectivity index (χ0n) is 9.46. The Balaban J connectivity index is 2.26. The van der Waals surface area contributed by atoms with Gasteiger partial charge in [-0.3, -0.25) is 11.3 Å². The first-order valence-electron chi connectivity index (χ1n) is 5.82. The predicted molar refractivity (Wildman–Crippen MR) is 58.8 cm³/mol. The Morgan fingerprint density at radius 3 is 2.57 bits per heavy atom. The number of nitrogens with two attached hydrogens (primary N) is 1. The second-order valence-electron chi connectivity index (χ2n) is 4.31. The van der Waals surface area contributed by atoms with Crippen LogP contribution in [-0.4, -0.2) is 19.3 Å². The Morgan fingerprint density at radius 1 is 1.43 bits per heavy atom. The molecule has 1 rings (SSSR count). The monoisotopic (exact) mass is 200 g/mol. The van der Waals surface area contributed by atoms with E-state index in [2.05, 4.69) is 12.3 Å². The first-order valence-corrected chi connectivity index (χ1v) is 5.82. The Bertz CT molecular complexity index is 148. The molecule has 0 aromatic rings. The Morgan fingerprint density at radius 2 is 2.14 bits per heavy atom. The third-order valence-corrected chi connectivity index (χ3v) is 3.09. The van der Waals surface area contributed by atoms with Gasteiger partial charge < -0.3 is 4.74 Å². The zero-order chi connectivity index (χ0) is 10.4.